The molecule has 210 valence electrons. The molecule has 41 heavy (non-hydrogen) atoms. The number of fused-ring (bicyclic) bond motifs is 1. The number of carbonyl (C=O) groups is 1. The molecule has 1 amide bonds. The minimum atomic E-state index is -1.16. The van der Waals surface area contributed by atoms with E-state index in [1.54, 1.807) is 26.7 Å². The third kappa shape index (κ3) is 4.72. The first kappa shape index (κ1) is 25.4. The van der Waals surface area contributed by atoms with Gasteiger partial charge in [0.2, 0.25) is 5.76 Å². The lowest BCUT2D eigenvalue weighted by Crippen LogP contribution is -2.49. The van der Waals surface area contributed by atoms with Gasteiger partial charge in [-0.15, -0.1) is 0 Å². The third-order valence-electron chi connectivity index (χ3n) is 7.84. The van der Waals surface area contributed by atoms with Gasteiger partial charge >= 0.3 is 0 Å². The van der Waals surface area contributed by atoms with Crippen molar-refractivity contribution in [3.63, 3.8) is 0 Å². The van der Waals surface area contributed by atoms with E-state index in [-0.39, 0.29) is 30.4 Å². The second kappa shape index (κ2) is 9.78. The number of nitrogens with zero attached hydrogens (tertiary/aromatic N) is 8. The number of likely N-dealkylation sites (tertiary alicyclic amines) is 1. The number of aromatic nitrogens is 7. The number of oxazole rings is 1. The van der Waals surface area contributed by atoms with Gasteiger partial charge in [-0.3, -0.25) is 14.2 Å². The monoisotopic (exact) mass is 556 g/mol. The van der Waals surface area contributed by atoms with Crippen LogP contribution in [0.15, 0.2) is 64.6 Å². The highest BCUT2D eigenvalue weighted by Gasteiger charge is 2.36. The third-order valence-corrected chi connectivity index (χ3v) is 7.84. The Balaban J connectivity index is 1.05. The van der Waals surface area contributed by atoms with Gasteiger partial charge in [0.1, 0.15) is 11.7 Å². The molecule has 1 saturated carbocycles. The second-order valence-electron chi connectivity index (χ2n) is 10.8. The molecule has 13 nitrogen and oxygen atoms in total. The van der Waals surface area contributed by atoms with Crippen LogP contribution in [0, 0.1) is 0 Å². The van der Waals surface area contributed by atoms with Crippen molar-refractivity contribution < 1.29 is 19.4 Å². The molecule has 1 aromatic carbocycles. The van der Waals surface area contributed by atoms with Gasteiger partial charge < -0.3 is 19.5 Å². The van der Waals surface area contributed by atoms with Crippen LogP contribution in [0.3, 0.4) is 0 Å². The number of carbonyl (C=O) groups excluding carboxylic acids is 1. The first-order valence-electron chi connectivity index (χ1n) is 13.6. The highest BCUT2D eigenvalue weighted by Crippen LogP contribution is 2.39. The predicted octanol–water partition coefficient (Wildman–Crippen LogP) is 1.79. The number of aliphatic hydroxyl groups is 2. The zero-order valence-electron chi connectivity index (χ0n) is 22.1. The Morgan fingerprint density at radius 1 is 1.02 bits per heavy atom. The Bertz CT molecular complexity index is 1790. The largest absolute Gasteiger partial charge is 0.435 e. The van der Waals surface area contributed by atoms with Crippen LogP contribution in [0.2, 0.25) is 0 Å². The molecule has 4 aromatic heterocycles. The molecular formula is C28H28N8O5. The Morgan fingerprint density at radius 3 is 2.49 bits per heavy atom. The SMILES string of the molecule is O=C(c1cnc(C2CC2)o1)N1CCC(O)(Cn2cnc3c(cnn3-c3ccc(-n4cc(CO)cn4)cc3)c2=O)CC1. The molecule has 1 aliphatic carbocycles. The van der Waals surface area contributed by atoms with Gasteiger partial charge in [-0.2, -0.15) is 10.2 Å². The average molecular weight is 557 g/mol. The van der Waals surface area contributed by atoms with Crippen molar-refractivity contribution in [2.75, 3.05) is 13.1 Å². The predicted molar refractivity (Wildman–Crippen MR) is 145 cm³/mol. The van der Waals surface area contributed by atoms with Crippen LogP contribution in [0.5, 0.6) is 0 Å². The van der Waals surface area contributed by atoms with E-state index in [0.29, 0.717) is 54.3 Å². The number of hydrogen-bond acceptors (Lipinski definition) is 9. The van der Waals surface area contributed by atoms with E-state index < -0.39 is 5.60 Å². The van der Waals surface area contributed by atoms with Crippen LogP contribution >= 0.6 is 0 Å². The summed E-state index contributed by atoms with van der Waals surface area (Å²) in [5.74, 6) is 0.948. The number of rotatable bonds is 7. The highest BCUT2D eigenvalue weighted by molar-refractivity contribution is 5.91. The van der Waals surface area contributed by atoms with E-state index in [1.165, 1.54) is 23.3 Å². The van der Waals surface area contributed by atoms with Crippen LogP contribution in [0.25, 0.3) is 22.4 Å². The fourth-order valence-corrected chi connectivity index (χ4v) is 5.24. The summed E-state index contributed by atoms with van der Waals surface area (Å²) in [5, 5.41) is 29.5. The molecule has 0 spiro atoms. The van der Waals surface area contributed by atoms with Crippen molar-refractivity contribution in [2.45, 2.75) is 50.4 Å². The van der Waals surface area contributed by atoms with Crippen molar-refractivity contribution in [3.05, 3.63) is 82.9 Å². The molecule has 0 atom stereocenters. The second-order valence-corrected chi connectivity index (χ2v) is 10.8. The molecule has 1 saturated heterocycles. The molecule has 5 aromatic rings. The van der Waals surface area contributed by atoms with Crippen LogP contribution < -0.4 is 5.56 Å². The van der Waals surface area contributed by atoms with Crippen molar-refractivity contribution in [3.8, 4) is 11.4 Å². The van der Waals surface area contributed by atoms with Crippen molar-refractivity contribution in [1.82, 2.24) is 39.0 Å². The van der Waals surface area contributed by atoms with Crippen LogP contribution in [-0.2, 0) is 13.2 Å². The van der Waals surface area contributed by atoms with Crippen LogP contribution in [0.1, 0.15) is 53.6 Å². The van der Waals surface area contributed by atoms with Gasteiger partial charge in [0.25, 0.3) is 11.5 Å². The Morgan fingerprint density at radius 2 is 1.78 bits per heavy atom. The first-order chi connectivity index (χ1) is 19.9. The zero-order chi connectivity index (χ0) is 28.1. The van der Waals surface area contributed by atoms with E-state index in [9.17, 15) is 19.8 Å². The summed E-state index contributed by atoms with van der Waals surface area (Å²) in [4.78, 5) is 36.6. The van der Waals surface area contributed by atoms with E-state index >= 15 is 0 Å². The Kier molecular flexibility index (Phi) is 6.05. The van der Waals surface area contributed by atoms with E-state index in [1.807, 2.05) is 24.3 Å². The molecule has 5 heterocycles. The molecule has 2 aliphatic rings. The standard InChI is InChI=1S/C28H28N8O5/c37-15-18-11-31-35(14-18)20-3-5-21(6-4-20)36-24-22(12-32-36)26(38)34(17-30-24)16-28(40)7-9-33(10-8-28)27(39)23-13-29-25(41-23)19-1-2-19/h3-6,11-14,17,19,37,40H,1-2,7-10,15-16H2. The maximum atomic E-state index is 13.3. The summed E-state index contributed by atoms with van der Waals surface area (Å²) in [7, 11) is 0. The van der Waals surface area contributed by atoms with Crippen molar-refractivity contribution >= 4 is 16.9 Å². The minimum Gasteiger partial charge on any atom is -0.435 e. The maximum absolute atomic E-state index is 13.3. The lowest BCUT2D eigenvalue weighted by atomic mass is 9.91. The number of piperidine rings is 1. The molecular weight excluding hydrogens is 528 g/mol. The highest BCUT2D eigenvalue weighted by atomic mass is 16.4. The number of aliphatic hydroxyl groups excluding tert-OH is 1. The summed E-state index contributed by atoms with van der Waals surface area (Å²) in [6.45, 7) is 0.658. The summed E-state index contributed by atoms with van der Waals surface area (Å²) in [5.41, 5.74) is 1.19. The van der Waals surface area contributed by atoms with Crippen molar-refractivity contribution in [1.29, 1.82) is 0 Å². The minimum absolute atomic E-state index is 0.0600. The molecule has 0 unspecified atom stereocenters. The van der Waals surface area contributed by atoms with Crippen LogP contribution in [-0.4, -0.2) is 73.8 Å². The van der Waals surface area contributed by atoms with E-state index in [2.05, 4.69) is 20.2 Å². The van der Waals surface area contributed by atoms with Crippen molar-refractivity contribution in [2.24, 2.45) is 0 Å². The smallest absolute Gasteiger partial charge is 0.291 e. The first-order valence-corrected chi connectivity index (χ1v) is 13.6. The van der Waals surface area contributed by atoms with Crippen LogP contribution in [0.4, 0.5) is 0 Å². The fourth-order valence-electron chi connectivity index (χ4n) is 5.24. The molecule has 2 fully saturated rings. The van der Waals surface area contributed by atoms with Gasteiger partial charge in [-0.1, -0.05) is 0 Å². The summed E-state index contributed by atoms with van der Waals surface area (Å²) in [6.07, 6.45) is 10.5. The zero-order valence-corrected chi connectivity index (χ0v) is 22.1. The molecule has 13 heteroatoms. The normalized spacial score (nSPS) is 16.9. The van der Waals surface area contributed by atoms with Gasteiger partial charge in [-0.25, -0.2) is 19.3 Å². The van der Waals surface area contributed by atoms with Gasteiger partial charge in [-0.05, 0) is 49.9 Å². The summed E-state index contributed by atoms with van der Waals surface area (Å²) < 4.78 is 10.3. The fraction of sp³-hybridized carbons (Fsp3) is 0.357. The molecule has 1 aliphatic heterocycles. The summed E-state index contributed by atoms with van der Waals surface area (Å²) >= 11 is 0. The average Bonchev–Trinajstić information content (AvgIpc) is 3.37. The molecule has 0 radical (unpaired) electrons. The molecule has 7 rings (SSSR count). The number of amides is 1. The Hall–Kier alpha value is -4.62. The molecule has 2 N–H and O–H groups in total. The maximum Gasteiger partial charge on any atom is 0.291 e. The van der Waals surface area contributed by atoms with Gasteiger partial charge in [0.15, 0.2) is 11.5 Å². The lowest BCUT2D eigenvalue weighted by molar-refractivity contribution is -0.0304. The topological polar surface area (TPSA) is 157 Å². The van der Waals surface area contributed by atoms with Gasteiger partial charge in [0.05, 0.1) is 48.7 Å². The lowest BCUT2D eigenvalue weighted by Gasteiger charge is -2.38. The number of hydrogen-bond donors (Lipinski definition) is 2. The molecule has 0 bridgehead atoms. The Labute approximate surface area is 233 Å². The quantitative estimate of drug-likeness (QED) is 0.305. The van der Waals surface area contributed by atoms with E-state index in [4.69, 9.17) is 4.42 Å². The summed E-state index contributed by atoms with van der Waals surface area (Å²) in [6, 6.07) is 7.41. The van der Waals surface area contributed by atoms with Gasteiger partial charge in [0, 0.05) is 30.8 Å². The number of benzene rings is 1. The van der Waals surface area contributed by atoms with E-state index in [0.717, 1.165) is 24.2 Å².